The SMILES string of the molecule is CCCCOC(=O)c1ccc(NCCSS(=O)(=O)c2ccccc2)cc1. The van der Waals surface area contributed by atoms with Crippen LogP contribution < -0.4 is 5.32 Å². The normalized spacial score (nSPS) is 11.1. The average molecular weight is 394 g/mol. The summed E-state index contributed by atoms with van der Waals surface area (Å²) in [5.74, 6) is 0.0902. The molecule has 2 aromatic carbocycles. The van der Waals surface area contributed by atoms with Crippen LogP contribution in [0.5, 0.6) is 0 Å². The third kappa shape index (κ3) is 6.38. The Bertz CT molecular complexity index is 790. The van der Waals surface area contributed by atoms with E-state index in [0.29, 0.717) is 29.4 Å². The fourth-order valence-electron chi connectivity index (χ4n) is 2.12. The predicted molar refractivity (Wildman–Crippen MR) is 106 cm³/mol. The van der Waals surface area contributed by atoms with E-state index in [1.807, 2.05) is 6.92 Å². The van der Waals surface area contributed by atoms with Gasteiger partial charge in [0.15, 0.2) is 0 Å². The van der Waals surface area contributed by atoms with Gasteiger partial charge in [-0.1, -0.05) is 31.5 Å². The Kier molecular flexibility index (Phi) is 8.00. The lowest BCUT2D eigenvalue weighted by Gasteiger charge is -2.08. The molecule has 0 aliphatic rings. The van der Waals surface area contributed by atoms with Gasteiger partial charge in [0.1, 0.15) is 0 Å². The standard InChI is InChI=1S/C19H23NO4S2/c1-2-3-14-24-19(21)16-9-11-17(12-10-16)20-13-15-25-26(22,23)18-7-5-4-6-8-18/h4-12,20H,2-3,13-15H2,1H3. The maximum absolute atomic E-state index is 12.2. The molecule has 5 nitrogen and oxygen atoms in total. The van der Waals surface area contributed by atoms with Crippen molar-refractivity contribution in [1.29, 1.82) is 0 Å². The molecule has 2 aromatic rings. The zero-order valence-corrected chi connectivity index (χ0v) is 16.3. The van der Waals surface area contributed by atoms with E-state index in [1.54, 1.807) is 54.6 Å². The highest BCUT2D eigenvalue weighted by Crippen LogP contribution is 2.22. The van der Waals surface area contributed by atoms with Crippen LogP contribution >= 0.6 is 10.8 Å². The van der Waals surface area contributed by atoms with Gasteiger partial charge in [0.25, 0.3) is 0 Å². The number of benzene rings is 2. The molecule has 0 fully saturated rings. The molecule has 0 amide bonds. The molecule has 0 saturated carbocycles. The number of rotatable bonds is 10. The molecular weight excluding hydrogens is 370 g/mol. The van der Waals surface area contributed by atoms with Crippen molar-refractivity contribution >= 4 is 31.3 Å². The molecule has 0 saturated heterocycles. The monoisotopic (exact) mass is 393 g/mol. The summed E-state index contributed by atoms with van der Waals surface area (Å²) in [6.07, 6.45) is 1.84. The molecule has 0 heterocycles. The predicted octanol–water partition coefficient (Wildman–Crippen LogP) is 4.18. The molecule has 26 heavy (non-hydrogen) atoms. The Hall–Kier alpha value is -1.99. The fourth-order valence-corrected chi connectivity index (χ4v) is 4.80. The largest absolute Gasteiger partial charge is 0.462 e. The number of nitrogens with one attached hydrogen (secondary N) is 1. The number of anilines is 1. The summed E-state index contributed by atoms with van der Waals surface area (Å²) < 4.78 is 29.5. The van der Waals surface area contributed by atoms with Crippen LogP contribution in [0.2, 0.25) is 0 Å². The zero-order chi connectivity index (χ0) is 18.8. The Morgan fingerprint density at radius 1 is 1.08 bits per heavy atom. The van der Waals surface area contributed by atoms with Crippen LogP contribution in [-0.4, -0.2) is 33.3 Å². The Balaban J connectivity index is 1.77. The Morgan fingerprint density at radius 3 is 2.42 bits per heavy atom. The van der Waals surface area contributed by atoms with Gasteiger partial charge in [-0.05, 0) is 53.6 Å². The van der Waals surface area contributed by atoms with Crippen LogP contribution in [0, 0.1) is 0 Å². The van der Waals surface area contributed by atoms with Gasteiger partial charge in [-0.2, -0.15) is 0 Å². The minimum Gasteiger partial charge on any atom is -0.462 e. The Labute approximate surface area is 158 Å². The van der Waals surface area contributed by atoms with Crippen molar-refractivity contribution in [1.82, 2.24) is 0 Å². The molecule has 1 N–H and O–H groups in total. The first-order valence-corrected chi connectivity index (χ1v) is 11.5. The van der Waals surface area contributed by atoms with E-state index in [0.717, 1.165) is 29.3 Å². The highest BCUT2D eigenvalue weighted by atomic mass is 33.1. The van der Waals surface area contributed by atoms with Crippen molar-refractivity contribution < 1.29 is 17.9 Å². The second-order valence-electron chi connectivity index (χ2n) is 5.58. The van der Waals surface area contributed by atoms with Crippen LogP contribution in [0.25, 0.3) is 0 Å². The maximum atomic E-state index is 12.2. The summed E-state index contributed by atoms with van der Waals surface area (Å²) in [5.41, 5.74) is 1.33. The van der Waals surface area contributed by atoms with Gasteiger partial charge in [-0.25, -0.2) is 13.2 Å². The lowest BCUT2D eigenvalue weighted by molar-refractivity contribution is 0.0500. The van der Waals surface area contributed by atoms with Gasteiger partial charge < -0.3 is 10.1 Å². The minimum absolute atomic E-state index is 0.316. The molecule has 0 unspecified atom stereocenters. The second-order valence-corrected chi connectivity index (χ2v) is 9.63. The van der Waals surface area contributed by atoms with Crippen LogP contribution in [0.3, 0.4) is 0 Å². The first kappa shape index (κ1) is 20.3. The Morgan fingerprint density at radius 2 is 1.77 bits per heavy atom. The van der Waals surface area contributed by atoms with Crippen LogP contribution in [0.15, 0.2) is 59.5 Å². The zero-order valence-electron chi connectivity index (χ0n) is 14.7. The van der Waals surface area contributed by atoms with Gasteiger partial charge in [-0.15, -0.1) is 0 Å². The fraction of sp³-hybridized carbons (Fsp3) is 0.316. The first-order chi connectivity index (χ1) is 12.5. The van der Waals surface area contributed by atoms with Gasteiger partial charge in [0, 0.05) is 18.0 Å². The van der Waals surface area contributed by atoms with E-state index in [2.05, 4.69) is 5.32 Å². The highest BCUT2D eigenvalue weighted by molar-refractivity contribution is 8.72. The quantitative estimate of drug-likeness (QED) is 0.371. The summed E-state index contributed by atoms with van der Waals surface area (Å²) in [7, 11) is -2.42. The van der Waals surface area contributed by atoms with Crippen molar-refractivity contribution in [3.8, 4) is 0 Å². The number of esters is 1. The molecular formula is C19H23NO4S2. The van der Waals surface area contributed by atoms with Crippen molar-refractivity contribution in [2.75, 3.05) is 24.2 Å². The summed E-state index contributed by atoms with van der Waals surface area (Å²) in [4.78, 5) is 12.1. The summed E-state index contributed by atoms with van der Waals surface area (Å²) in [5, 5.41) is 3.15. The van der Waals surface area contributed by atoms with E-state index >= 15 is 0 Å². The number of ether oxygens (including phenoxy) is 1. The molecule has 0 radical (unpaired) electrons. The summed E-state index contributed by atoms with van der Waals surface area (Å²) >= 11 is 0. The third-order valence-corrected chi connectivity index (χ3v) is 7.09. The van der Waals surface area contributed by atoms with Crippen molar-refractivity contribution in [2.45, 2.75) is 24.7 Å². The second kappa shape index (κ2) is 10.2. The molecule has 0 aliphatic carbocycles. The highest BCUT2D eigenvalue weighted by Gasteiger charge is 2.14. The van der Waals surface area contributed by atoms with Crippen molar-refractivity contribution in [3.05, 3.63) is 60.2 Å². The molecule has 0 atom stereocenters. The van der Waals surface area contributed by atoms with Gasteiger partial charge in [-0.3, -0.25) is 0 Å². The minimum atomic E-state index is -3.33. The molecule has 140 valence electrons. The van der Waals surface area contributed by atoms with E-state index < -0.39 is 8.87 Å². The molecule has 0 aromatic heterocycles. The number of hydrogen-bond acceptors (Lipinski definition) is 6. The van der Waals surface area contributed by atoms with Crippen molar-refractivity contribution in [3.63, 3.8) is 0 Å². The summed E-state index contributed by atoms with van der Waals surface area (Å²) in [6, 6.07) is 15.4. The van der Waals surface area contributed by atoms with Gasteiger partial charge >= 0.3 is 5.97 Å². The lowest BCUT2D eigenvalue weighted by atomic mass is 10.2. The molecule has 2 rings (SSSR count). The number of carbonyl (C=O) groups is 1. The molecule has 0 spiro atoms. The molecule has 0 aliphatic heterocycles. The first-order valence-electron chi connectivity index (χ1n) is 8.48. The van der Waals surface area contributed by atoms with Gasteiger partial charge in [0.2, 0.25) is 8.87 Å². The maximum Gasteiger partial charge on any atom is 0.338 e. The van der Waals surface area contributed by atoms with Gasteiger partial charge in [0.05, 0.1) is 17.1 Å². The van der Waals surface area contributed by atoms with Crippen molar-refractivity contribution in [2.24, 2.45) is 0 Å². The van der Waals surface area contributed by atoms with Crippen LogP contribution in [0.1, 0.15) is 30.1 Å². The number of hydrogen-bond donors (Lipinski definition) is 1. The number of carbonyl (C=O) groups excluding carboxylic acids is 1. The average Bonchev–Trinajstić information content (AvgIpc) is 2.66. The molecule has 7 heteroatoms. The van der Waals surface area contributed by atoms with E-state index in [1.165, 1.54) is 0 Å². The van der Waals surface area contributed by atoms with E-state index in [4.69, 9.17) is 4.74 Å². The molecule has 0 bridgehead atoms. The van der Waals surface area contributed by atoms with E-state index in [-0.39, 0.29) is 5.97 Å². The van der Waals surface area contributed by atoms with Crippen LogP contribution in [-0.2, 0) is 13.6 Å². The number of unbranched alkanes of at least 4 members (excludes halogenated alkanes) is 1. The third-order valence-electron chi connectivity index (χ3n) is 3.55. The smallest absolute Gasteiger partial charge is 0.338 e. The van der Waals surface area contributed by atoms with Crippen LogP contribution in [0.4, 0.5) is 5.69 Å². The lowest BCUT2D eigenvalue weighted by Crippen LogP contribution is -2.08. The topological polar surface area (TPSA) is 72.5 Å². The summed E-state index contributed by atoms with van der Waals surface area (Å²) in [6.45, 7) is 2.97. The van der Waals surface area contributed by atoms with E-state index in [9.17, 15) is 13.2 Å².